The fourth-order valence-electron chi connectivity index (χ4n) is 2.79. The van der Waals surface area contributed by atoms with Gasteiger partial charge in [-0.3, -0.25) is 0 Å². The van der Waals surface area contributed by atoms with Gasteiger partial charge in [-0.05, 0) is 47.6 Å². The molecule has 1 atom stereocenters. The summed E-state index contributed by atoms with van der Waals surface area (Å²) < 4.78 is 0. The van der Waals surface area contributed by atoms with Crippen LogP contribution in [0, 0.1) is 5.41 Å². The molecule has 1 unspecified atom stereocenters. The number of rotatable bonds is 7. The number of benzene rings is 2. The fourth-order valence-corrected chi connectivity index (χ4v) is 2.79. The van der Waals surface area contributed by atoms with Gasteiger partial charge in [0.25, 0.3) is 0 Å². The Bertz CT molecular complexity index is 541. The second-order valence-corrected chi connectivity index (χ2v) is 6.16. The third-order valence-electron chi connectivity index (χ3n) is 4.33. The number of nitrogens with one attached hydrogen (secondary N) is 1. The Balaban J connectivity index is 2.20. The third-order valence-corrected chi connectivity index (χ3v) is 4.33. The molecule has 2 aromatic carbocycles. The lowest BCUT2D eigenvalue weighted by Gasteiger charge is -2.29. The molecule has 0 aromatic heterocycles. The van der Waals surface area contributed by atoms with Crippen molar-refractivity contribution in [1.82, 2.24) is 5.32 Å². The van der Waals surface area contributed by atoms with E-state index in [1.165, 1.54) is 29.2 Å². The molecule has 0 radical (unpaired) electrons. The fraction of sp³-hybridized carbons (Fsp3) is 0.474. The average Bonchev–Trinajstić information content (AvgIpc) is 2.48. The van der Waals surface area contributed by atoms with E-state index in [1.54, 1.807) is 0 Å². The molecule has 2 rings (SSSR count). The van der Waals surface area contributed by atoms with Gasteiger partial charge in [0.1, 0.15) is 0 Å². The molecule has 0 spiro atoms. The highest BCUT2D eigenvalue weighted by molar-refractivity contribution is 5.85. The van der Waals surface area contributed by atoms with Crippen molar-refractivity contribution < 1.29 is 0 Å². The zero-order valence-corrected chi connectivity index (χ0v) is 13.1. The van der Waals surface area contributed by atoms with E-state index in [9.17, 15) is 0 Å². The van der Waals surface area contributed by atoms with Crippen LogP contribution in [-0.2, 0) is 6.42 Å². The van der Waals surface area contributed by atoms with Crippen molar-refractivity contribution >= 4 is 10.8 Å². The maximum Gasteiger partial charge on any atom is 0.000825 e. The SMILES string of the molecule is CCCNCC(C)(CC)Cc1cccc2ccccc12. The monoisotopic (exact) mass is 269 g/mol. The molecule has 1 nitrogen and oxygen atoms in total. The van der Waals surface area contributed by atoms with Crippen LogP contribution in [0.4, 0.5) is 0 Å². The van der Waals surface area contributed by atoms with E-state index < -0.39 is 0 Å². The van der Waals surface area contributed by atoms with Crippen molar-refractivity contribution in [3.8, 4) is 0 Å². The number of hydrogen-bond donors (Lipinski definition) is 1. The van der Waals surface area contributed by atoms with Gasteiger partial charge in [0.05, 0.1) is 0 Å². The summed E-state index contributed by atoms with van der Waals surface area (Å²) in [6.45, 7) is 9.14. The van der Waals surface area contributed by atoms with Crippen molar-refractivity contribution in [2.75, 3.05) is 13.1 Å². The molecule has 0 bridgehead atoms. The van der Waals surface area contributed by atoms with E-state index in [-0.39, 0.29) is 0 Å². The minimum absolute atomic E-state index is 0.333. The van der Waals surface area contributed by atoms with E-state index in [2.05, 4.69) is 68.6 Å². The van der Waals surface area contributed by atoms with Gasteiger partial charge >= 0.3 is 0 Å². The van der Waals surface area contributed by atoms with Crippen LogP contribution in [-0.4, -0.2) is 13.1 Å². The molecular weight excluding hydrogens is 242 g/mol. The van der Waals surface area contributed by atoms with Gasteiger partial charge in [-0.2, -0.15) is 0 Å². The highest BCUT2D eigenvalue weighted by atomic mass is 14.9. The predicted molar refractivity (Wildman–Crippen MR) is 89.2 cm³/mol. The lowest BCUT2D eigenvalue weighted by Crippen LogP contribution is -2.33. The minimum atomic E-state index is 0.333. The van der Waals surface area contributed by atoms with Crippen LogP contribution < -0.4 is 5.32 Å². The van der Waals surface area contributed by atoms with E-state index in [1.807, 2.05) is 0 Å². The largest absolute Gasteiger partial charge is 0.316 e. The first kappa shape index (κ1) is 15.1. The van der Waals surface area contributed by atoms with Crippen molar-refractivity contribution in [2.45, 2.75) is 40.0 Å². The van der Waals surface area contributed by atoms with Crippen LogP contribution in [0.5, 0.6) is 0 Å². The number of fused-ring (bicyclic) bond motifs is 1. The lowest BCUT2D eigenvalue weighted by atomic mass is 9.80. The first-order valence-electron chi connectivity index (χ1n) is 7.86. The molecule has 0 fully saturated rings. The van der Waals surface area contributed by atoms with E-state index in [4.69, 9.17) is 0 Å². The van der Waals surface area contributed by atoms with Gasteiger partial charge in [0.15, 0.2) is 0 Å². The second-order valence-electron chi connectivity index (χ2n) is 6.16. The Morgan fingerprint density at radius 3 is 2.50 bits per heavy atom. The quantitative estimate of drug-likeness (QED) is 0.712. The molecule has 0 saturated carbocycles. The summed E-state index contributed by atoms with van der Waals surface area (Å²) in [5.74, 6) is 0. The standard InChI is InChI=1S/C19H27N/c1-4-13-20-15-19(3,5-2)14-17-11-8-10-16-9-6-7-12-18(16)17/h6-12,20H,4-5,13-15H2,1-3H3. The van der Waals surface area contributed by atoms with Gasteiger partial charge in [-0.1, -0.05) is 63.2 Å². The minimum Gasteiger partial charge on any atom is -0.316 e. The summed E-state index contributed by atoms with van der Waals surface area (Å²) in [4.78, 5) is 0. The smallest absolute Gasteiger partial charge is 0.000825 e. The molecule has 0 amide bonds. The normalized spacial score (nSPS) is 14.3. The third kappa shape index (κ3) is 3.61. The van der Waals surface area contributed by atoms with Gasteiger partial charge in [0, 0.05) is 6.54 Å². The first-order valence-corrected chi connectivity index (χ1v) is 7.86. The predicted octanol–water partition coefficient (Wildman–Crippen LogP) is 4.80. The van der Waals surface area contributed by atoms with E-state index in [0.29, 0.717) is 5.41 Å². The summed E-state index contributed by atoms with van der Waals surface area (Å²) in [5, 5.41) is 6.35. The van der Waals surface area contributed by atoms with Gasteiger partial charge < -0.3 is 5.32 Å². The average molecular weight is 269 g/mol. The first-order chi connectivity index (χ1) is 9.68. The summed E-state index contributed by atoms with van der Waals surface area (Å²) in [6.07, 6.45) is 3.54. The van der Waals surface area contributed by atoms with Crippen LogP contribution >= 0.6 is 0 Å². The van der Waals surface area contributed by atoms with Gasteiger partial charge in [0.2, 0.25) is 0 Å². The van der Waals surface area contributed by atoms with Crippen molar-refractivity contribution in [1.29, 1.82) is 0 Å². The molecular formula is C19H27N. The van der Waals surface area contributed by atoms with Gasteiger partial charge in [-0.15, -0.1) is 0 Å². The van der Waals surface area contributed by atoms with E-state index >= 15 is 0 Å². The highest BCUT2D eigenvalue weighted by Crippen LogP contribution is 2.29. The lowest BCUT2D eigenvalue weighted by molar-refractivity contribution is 0.291. The van der Waals surface area contributed by atoms with E-state index in [0.717, 1.165) is 19.5 Å². The van der Waals surface area contributed by atoms with Gasteiger partial charge in [-0.25, -0.2) is 0 Å². The van der Waals surface area contributed by atoms with Crippen molar-refractivity contribution in [2.24, 2.45) is 5.41 Å². The van der Waals surface area contributed by atoms with Crippen LogP contribution in [0.25, 0.3) is 10.8 Å². The molecule has 0 aliphatic heterocycles. The molecule has 2 aromatic rings. The Morgan fingerprint density at radius 2 is 1.75 bits per heavy atom. The summed E-state index contributed by atoms with van der Waals surface area (Å²) in [7, 11) is 0. The molecule has 20 heavy (non-hydrogen) atoms. The zero-order chi connectivity index (χ0) is 14.4. The molecule has 0 heterocycles. The molecule has 0 aliphatic carbocycles. The summed E-state index contributed by atoms with van der Waals surface area (Å²) in [5.41, 5.74) is 1.81. The topological polar surface area (TPSA) is 12.0 Å². The molecule has 0 saturated heterocycles. The number of hydrogen-bond acceptors (Lipinski definition) is 1. The zero-order valence-electron chi connectivity index (χ0n) is 13.1. The second kappa shape index (κ2) is 6.90. The Labute approximate surface area is 123 Å². The summed E-state index contributed by atoms with van der Waals surface area (Å²) in [6, 6.07) is 15.4. The van der Waals surface area contributed by atoms with Crippen LogP contribution in [0.2, 0.25) is 0 Å². The van der Waals surface area contributed by atoms with Crippen LogP contribution in [0.15, 0.2) is 42.5 Å². The maximum absolute atomic E-state index is 3.59. The summed E-state index contributed by atoms with van der Waals surface area (Å²) >= 11 is 0. The molecule has 1 heteroatoms. The Kier molecular flexibility index (Phi) is 5.19. The van der Waals surface area contributed by atoms with Crippen molar-refractivity contribution in [3.05, 3.63) is 48.0 Å². The highest BCUT2D eigenvalue weighted by Gasteiger charge is 2.22. The van der Waals surface area contributed by atoms with Crippen LogP contribution in [0.1, 0.15) is 39.2 Å². The maximum atomic E-state index is 3.59. The molecule has 0 aliphatic rings. The molecule has 1 N–H and O–H groups in total. The molecule has 108 valence electrons. The Morgan fingerprint density at radius 1 is 1.00 bits per heavy atom. The van der Waals surface area contributed by atoms with Crippen molar-refractivity contribution in [3.63, 3.8) is 0 Å². The van der Waals surface area contributed by atoms with Crippen LogP contribution in [0.3, 0.4) is 0 Å². The Hall–Kier alpha value is -1.34.